The molecule has 0 unspecified atom stereocenters. The average molecular weight is 1430 g/mol. The third-order valence-electron chi connectivity index (χ3n) is 21.0. The molecule has 0 amide bonds. The predicted molar refractivity (Wildman–Crippen MR) is 454 cm³/mol. The fraction of sp³-hybridized carbons (Fsp3) is 0. The number of benzene rings is 14. The number of hydrogen-bond acceptors (Lipinski definition) is 9. The Balaban J connectivity index is 0.000000141. The lowest BCUT2D eigenvalue weighted by atomic mass is 10.1. The second-order valence-corrected chi connectivity index (χ2v) is 27.7. The molecule has 14 aromatic carbocycles. The van der Waals surface area contributed by atoms with Crippen molar-refractivity contribution in [3.05, 3.63) is 382 Å². The van der Waals surface area contributed by atoms with Crippen molar-refractivity contribution in [1.82, 2.24) is 63.1 Å². The van der Waals surface area contributed by atoms with Gasteiger partial charge in [0.2, 0.25) is 0 Å². The maximum absolute atomic E-state index is 5.22. The fourth-order valence-electron chi connectivity index (χ4n) is 15.8. The van der Waals surface area contributed by atoms with Crippen LogP contribution in [0.5, 0.6) is 0 Å². The summed E-state index contributed by atoms with van der Waals surface area (Å²) in [7, 11) is 0. The van der Waals surface area contributed by atoms with Gasteiger partial charge in [-0.2, -0.15) is 0 Å². The number of aromatic nitrogens is 13. The van der Waals surface area contributed by atoms with Crippen LogP contribution in [0.15, 0.2) is 382 Å². The first kappa shape index (κ1) is 64.9. The molecule has 13 heteroatoms. The van der Waals surface area contributed by atoms with Crippen molar-refractivity contribution in [2.24, 2.45) is 0 Å². The molecule has 0 aliphatic carbocycles. The van der Waals surface area contributed by atoms with Gasteiger partial charge in [-0.15, -0.1) is 0 Å². The van der Waals surface area contributed by atoms with Crippen molar-refractivity contribution in [3.8, 4) is 114 Å². The molecule has 8 heterocycles. The summed E-state index contributed by atoms with van der Waals surface area (Å²) in [4.78, 5) is 45.7. The van der Waals surface area contributed by atoms with Gasteiger partial charge in [-0.05, 0) is 140 Å². The van der Waals surface area contributed by atoms with E-state index in [4.69, 9.17) is 44.9 Å². The summed E-state index contributed by atoms with van der Waals surface area (Å²) in [6.07, 6.45) is 4.34. The highest BCUT2D eigenvalue weighted by Crippen LogP contribution is 2.42. The Bertz CT molecular complexity index is 6770. The van der Waals surface area contributed by atoms with Crippen molar-refractivity contribution in [1.29, 1.82) is 0 Å². The second-order valence-electron chi connectivity index (χ2n) is 27.7. The van der Waals surface area contributed by atoms with E-state index in [9.17, 15) is 0 Å². The number of hydrogen-bond donors (Lipinski definition) is 0. The van der Waals surface area contributed by atoms with Crippen molar-refractivity contribution < 1.29 is 0 Å². The van der Waals surface area contributed by atoms with Gasteiger partial charge in [0.25, 0.3) is 0 Å². The molecule has 0 spiro atoms. The van der Waals surface area contributed by atoms with Gasteiger partial charge in [0.1, 0.15) is 11.4 Å². The van der Waals surface area contributed by atoms with Gasteiger partial charge >= 0.3 is 0 Å². The van der Waals surface area contributed by atoms with Crippen LogP contribution in [0, 0.1) is 0 Å². The van der Waals surface area contributed by atoms with E-state index < -0.39 is 0 Å². The SMILES string of the molecule is c1ccc(-c2cc(-c3ccccc3)nc(-c3nc(-c4ccc(-n5c6ccccc6c6c7ccn(-c8ccccc8)c7ccc65)cc4)nc4ccccc34)n2)cc1.c1ccc(-c2nc(-c3ccccc3)nc(-c3nc(-c4ccc(-n5c6ccccc6c6c7ccn(-c8ccccc8)c7ccc65)cc4)nc4ccccc34)n2)cc1. The Hall–Kier alpha value is -15.5. The van der Waals surface area contributed by atoms with Crippen LogP contribution in [0.1, 0.15) is 0 Å². The molecule has 22 aromatic rings. The highest BCUT2D eigenvalue weighted by atomic mass is 15.1. The molecule has 0 aliphatic heterocycles. The summed E-state index contributed by atoms with van der Waals surface area (Å²) >= 11 is 0. The smallest absolute Gasteiger partial charge is 0.183 e. The first-order valence-corrected chi connectivity index (χ1v) is 37.3. The fourth-order valence-corrected chi connectivity index (χ4v) is 15.8. The minimum atomic E-state index is 0.492. The molecule has 0 fully saturated rings. The Morgan fingerprint density at radius 2 is 0.482 bits per heavy atom. The van der Waals surface area contributed by atoms with Gasteiger partial charge < -0.3 is 18.3 Å². The van der Waals surface area contributed by atoms with E-state index in [1.165, 1.54) is 43.4 Å². The van der Waals surface area contributed by atoms with Crippen LogP contribution in [-0.2, 0) is 0 Å². The Kier molecular flexibility index (Phi) is 15.9. The van der Waals surface area contributed by atoms with Gasteiger partial charge in [0.05, 0.1) is 55.5 Å². The maximum atomic E-state index is 5.22. The number of fused-ring (bicyclic) bond motifs is 12. The van der Waals surface area contributed by atoms with E-state index in [-0.39, 0.29) is 0 Å². The van der Waals surface area contributed by atoms with Gasteiger partial charge in [-0.3, -0.25) is 0 Å². The van der Waals surface area contributed by atoms with E-state index in [2.05, 4.69) is 255 Å². The Morgan fingerprint density at radius 1 is 0.179 bits per heavy atom. The topological polar surface area (TPSA) is 136 Å². The van der Waals surface area contributed by atoms with Gasteiger partial charge in [0, 0.05) is 112 Å². The van der Waals surface area contributed by atoms with Gasteiger partial charge in [0.15, 0.2) is 34.9 Å². The first-order chi connectivity index (χ1) is 55.5. The van der Waals surface area contributed by atoms with Crippen molar-refractivity contribution >= 4 is 87.2 Å². The molecule has 112 heavy (non-hydrogen) atoms. The van der Waals surface area contributed by atoms with Gasteiger partial charge in [-0.25, -0.2) is 44.9 Å². The lowest BCUT2D eigenvalue weighted by molar-refractivity contribution is 1.06. The minimum absolute atomic E-state index is 0.492. The molecule has 0 saturated heterocycles. The Morgan fingerprint density at radius 3 is 0.893 bits per heavy atom. The van der Waals surface area contributed by atoms with E-state index in [1.54, 1.807) is 0 Å². The highest BCUT2D eigenvalue weighted by molar-refractivity contribution is 6.22. The zero-order valence-electron chi connectivity index (χ0n) is 60.2. The molecule has 0 radical (unpaired) electrons. The van der Waals surface area contributed by atoms with Crippen molar-refractivity contribution in [3.63, 3.8) is 0 Å². The highest BCUT2D eigenvalue weighted by Gasteiger charge is 2.24. The van der Waals surface area contributed by atoms with E-state index >= 15 is 0 Å². The van der Waals surface area contributed by atoms with Gasteiger partial charge in [-0.1, -0.05) is 231 Å². The number of nitrogens with zero attached hydrogens (tertiary/aromatic N) is 13. The summed E-state index contributed by atoms with van der Waals surface area (Å²) in [6, 6.07) is 127. The summed E-state index contributed by atoms with van der Waals surface area (Å²) < 4.78 is 9.23. The molecule has 0 N–H and O–H groups in total. The van der Waals surface area contributed by atoms with Crippen LogP contribution in [0.3, 0.4) is 0 Å². The van der Waals surface area contributed by atoms with E-state index in [0.717, 1.165) is 111 Å². The normalized spacial score (nSPS) is 11.6. The largest absolute Gasteiger partial charge is 0.317 e. The summed E-state index contributed by atoms with van der Waals surface area (Å²) in [5.74, 6) is 3.43. The Labute approximate surface area is 642 Å². The number of para-hydroxylation sites is 6. The molecular weight excluding hydrogens is 1370 g/mol. The lowest BCUT2D eigenvalue weighted by Crippen LogP contribution is -2.03. The van der Waals surface area contributed by atoms with Crippen LogP contribution >= 0.6 is 0 Å². The van der Waals surface area contributed by atoms with E-state index in [1.807, 2.05) is 146 Å². The van der Waals surface area contributed by atoms with Crippen LogP contribution in [0.2, 0.25) is 0 Å². The molecular formula is C99H63N13. The first-order valence-electron chi connectivity index (χ1n) is 37.3. The zero-order valence-corrected chi connectivity index (χ0v) is 60.2. The standard InChI is InChI=1S/C50H32N6.C49H31N7/c1-4-14-33(15-5-1)42-32-43(34-16-6-2-7-17-34)53-50(52-42)48-38-20-10-12-22-41(38)51-49(54-48)35-24-26-37(27-25-35)56-45-23-13-11-21-39(45)47-40-30-31-55(36-18-8-3-9-19-36)44(40)28-29-46(47)56;1-4-14-32(15-5-1)47-52-48(33-16-6-2-7-17-33)54-49(53-47)45-37-20-10-12-22-40(37)50-46(51-45)34-24-26-36(27-25-34)56-42-23-13-11-21-38(42)44-39-30-31-55(35-18-8-3-9-19-35)41(39)28-29-43(44)56/h1-32H;1-31H. The lowest BCUT2D eigenvalue weighted by Gasteiger charge is -2.12. The number of rotatable bonds is 12. The van der Waals surface area contributed by atoms with Crippen molar-refractivity contribution in [2.45, 2.75) is 0 Å². The molecule has 0 saturated carbocycles. The molecule has 22 rings (SSSR count). The summed E-state index contributed by atoms with van der Waals surface area (Å²) in [6.45, 7) is 0. The molecule has 0 aliphatic rings. The third-order valence-corrected chi connectivity index (χ3v) is 21.0. The van der Waals surface area contributed by atoms with Crippen LogP contribution < -0.4 is 0 Å². The monoisotopic (exact) mass is 1430 g/mol. The third kappa shape index (κ3) is 11.5. The average Bonchev–Trinajstić information content (AvgIpc) is 1.57. The molecule has 0 bridgehead atoms. The molecule has 0 atom stereocenters. The molecule has 8 aromatic heterocycles. The summed E-state index contributed by atoms with van der Waals surface area (Å²) in [5.41, 5.74) is 21.7. The van der Waals surface area contributed by atoms with Crippen LogP contribution in [0.4, 0.5) is 0 Å². The zero-order chi connectivity index (χ0) is 74.0. The predicted octanol–water partition coefficient (Wildman–Crippen LogP) is 23.7. The van der Waals surface area contributed by atoms with E-state index in [0.29, 0.717) is 46.3 Å². The maximum Gasteiger partial charge on any atom is 0.183 e. The minimum Gasteiger partial charge on any atom is -0.317 e. The van der Waals surface area contributed by atoms with Crippen molar-refractivity contribution in [2.75, 3.05) is 0 Å². The summed E-state index contributed by atoms with van der Waals surface area (Å²) in [5, 5.41) is 9.13. The second kappa shape index (κ2) is 27.4. The van der Waals surface area contributed by atoms with Crippen LogP contribution in [-0.4, -0.2) is 63.1 Å². The molecule has 13 nitrogen and oxygen atoms in total. The van der Waals surface area contributed by atoms with Crippen LogP contribution in [0.25, 0.3) is 201 Å². The molecule has 524 valence electrons. The quantitative estimate of drug-likeness (QED) is 0.117.